The van der Waals surface area contributed by atoms with Gasteiger partial charge in [-0.25, -0.2) is 26.7 Å². The lowest BCUT2D eigenvalue weighted by molar-refractivity contribution is 0.263. The molecule has 0 bridgehead atoms. The summed E-state index contributed by atoms with van der Waals surface area (Å²) in [6.07, 6.45) is 0. The van der Waals surface area contributed by atoms with Gasteiger partial charge in [-0.15, -0.1) is 0 Å². The van der Waals surface area contributed by atoms with Crippen molar-refractivity contribution in [3.05, 3.63) is 24.3 Å². The van der Waals surface area contributed by atoms with Crippen molar-refractivity contribution in [1.29, 1.82) is 0 Å². The lowest BCUT2D eigenvalue weighted by Crippen LogP contribution is -2.34. The highest BCUT2D eigenvalue weighted by Crippen LogP contribution is 2.25. The molecule has 0 aliphatic rings. The van der Waals surface area contributed by atoms with Crippen LogP contribution in [0.4, 0.5) is 0 Å². The van der Waals surface area contributed by atoms with Gasteiger partial charge in [-0.3, -0.25) is 0 Å². The van der Waals surface area contributed by atoms with Crippen molar-refractivity contribution >= 4 is 20.0 Å². The third kappa shape index (κ3) is 4.77. The SMILES string of the molecule is CC(CNS(=O)(=O)c1ccccc1S(N)(=O)=O)C(C)(C)C. The second-order valence-corrected chi connectivity index (χ2v) is 9.38. The Balaban J connectivity index is 3.11. The highest BCUT2D eigenvalue weighted by molar-refractivity contribution is 7.92. The molecule has 0 aliphatic heterocycles. The Kier molecular flexibility index (Phi) is 5.20. The Hall–Kier alpha value is -0.960. The molecule has 0 heterocycles. The fraction of sp³-hybridized carbons (Fsp3) is 0.538. The average molecular weight is 334 g/mol. The molecule has 8 heteroatoms. The largest absolute Gasteiger partial charge is 0.241 e. The number of hydrogen-bond acceptors (Lipinski definition) is 4. The van der Waals surface area contributed by atoms with Gasteiger partial charge in [0.2, 0.25) is 20.0 Å². The van der Waals surface area contributed by atoms with E-state index < -0.39 is 24.9 Å². The summed E-state index contributed by atoms with van der Waals surface area (Å²) in [5, 5.41) is 5.06. The topological polar surface area (TPSA) is 106 Å². The van der Waals surface area contributed by atoms with E-state index in [-0.39, 0.29) is 22.8 Å². The van der Waals surface area contributed by atoms with Crippen LogP contribution in [0.2, 0.25) is 0 Å². The summed E-state index contributed by atoms with van der Waals surface area (Å²) < 4.78 is 50.0. The van der Waals surface area contributed by atoms with Crippen molar-refractivity contribution in [2.75, 3.05) is 6.54 Å². The van der Waals surface area contributed by atoms with E-state index in [0.29, 0.717) is 0 Å². The van der Waals surface area contributed by atoms with Gasteiger partial charge in [0.25, 0.3) is 0 Å². The second kappa shape index (κ2) is 6.04. The zero-order chi connectivity index (χ0) is 16.5. The van der Waals surface area contributed by atoms with E-state index in [9.17, 15) is 16.8 Å². The predicted octanol–water partition coefficient (Wildman–Crippen LogP) is 1.29. The van der Waals surface area contributed by atoms with Gasteiger partial charge in [-0.1, -0.05) is 39.8 Å². The number of nitrogens with two attached hydrogens (primary N) is 1. The summed E-state index contributed by atoms with van der Waals surface area (Å²) in [6, 6.07) is 5.29. The van der Waals surface area contributed by atoms with Crippen LogP contribution in [0.1, 0.15) is 27.7 Å². The molecule has 21 heavy (non-hydrogen) atoms. The van der Waals surface area contributed by atoms with Crippen molar-refractivity contribution in [1.82, 2.24) is 4.72 Å². The molecule has 3 N–H and O–H groups in total. The minimum atomic E-state index is -4.10. The average Bonchev–Trinajstić information content (AvgIpc) is 2.34. The van der Waals surface area contributed by atoms with Crippen molar-refractivity contribution in [2.24, 2.45) is 16.5 Å². The summed E-state index contributed by atoms with van der Waals surface area (Å²) in [5.74, 6) is 0.0777. The monoisotopic (exact) mass is 334 g/mol. The Morgan fingerprint density at radius 2 is 1.57 bits per heavy atom. The zero-order valence-electron chi connectivity index (χ0n) is 12.6. The van der Waals surface area contributed by atoms with Gasteiger partial charge in [0.05, 0.1) is 0 Å². The highest BCUT2D eigenvalue weighted by atomic mass is 32.2. The Labute approximate surface area is 126 Å². The van der Waals surface area contributed by atoms with Gasteiger partial charge in [0.1, 0.15) is 9.79 Å². The minimum absolute atomic E-state index is 0.0675. The quantitative estimate of drug-likeness (QED) is 0.846. The molecule has 0 fully saturated rings. The zero-order valence-corrected chi connectivity index (χ0v) is 14.3. The molecule has 0 aromatic heterocycles. The van der Waals surface area contributed by atoms with Crippen molar-refractivity contribution in [3.63, 3.8) is 0 Å². The maximum atomic E-state index is 12.3. The number of nitrogens with one attached hydrogen (secondary N) is 1. The van der Waals surface area contributed by atoms with Crippen molar-refractivity contribution in [3.8, 4) is 0 Å². The minimum Gasteiger partial charge on any atom is -0.225 e. The van der Waals surface area contributed by atoms with Crippen LogP contribution in [-0.2, 0) is 20.0 Å². The standard InChI is InChI=1S/C13H22N2O4S2/c1-10(13(2,3)4)9-15-21(18,19)12-8-6-5-7-11(12)20(14,16)17/h5-8,10,15H,9H2,1-4H3,(H2,14,16,17). The smallest absolute Gasteiger partial charge is 0.225 e. The normalized spacial score (nSPS) is 14.9. The van der Waals surface area contributed by atoms with Gasteiger partial charge >= 0.3 is 0 Å². The van der Waals surface area contributed by atoms with Crippen LogP contribution in [0.3, 0.4) is 0 Å². The summed E-state index contributed by atoms with van der Waals surface area (Å²) in [6.45, 7) is 8.15. The summed E-state index contributed by atoms with van der Waals surface area (Å²) >= 11 is 0. The van der Waals surface area contributed by atoms with Crippen LogP contribution < -0.4 is 9.86 Å². The van der Waals surface area contributed by atoms with Gasteiger partial charge in [0.15, 0.2) is 0 Å². The van der Waals surface area contributed by atoms with E-state index in [1.54, 1.807) is 0 Å². The molecular formula is C13H22N2O4S2. The van der Waals surface area contributed by atoms with Crippen molar-refractivity contribution in [2.45, 2.75) is 37.5 Å². The van der Waals surface area contributed by atoms with Crippen LogP contribution >= 0.6 is 0 Å². The molecule has 0 saturated carbocycles. The molecule has 1 aromatic carbocycles. The summed E-state index contributed by atoms with van der Waals surface area (Å²) in [4.78, 5) is -0.727. The fourth-order valence-electron chi connectivity index (χ4n) is 1.53. The number of hydrogen-bond donors (Lipinski definition) is 2. The predicted molar refractivity (Wildman–Crippen MR) is 81.6 cm³/mol. The highest BCUT2D eigenvalue weighted by Gasteiger charge is 2.26. The molecule has 1 rings (SSSR count). The first-order valence-electron chi connectivity index (χ1n) is 6.47. The number of rotatable bonds is 5. The lowest BCUT2D eigenvalue weighted by Gasteiger charge is -2.27. The maximum absolute atomic E-state index is 12.3. The van der Waals surface area contributed by atoms with E-state index in [2.05, 4.69) is 4.72 Å². The Bertz CT molecular complexity index is 704. The third-order valence-corrected chi connectivity index (χ3v) is 6.08. The summed E-state index contributed by atoms with van der Waals surface area (Å²) in [5.41, 5.74) is -0.0675. The van der Waals surface area contributed by atoms with Crippen LogP contribution in [0.25, 0.3) is 0 Å². The van der Waals surface area contributed by atoms with Gasteiger partial charge in [0, 0.05) is 6.54 Å². The van der Waals surface area contributed by atoms with E-state index in [0.717, 1.165) is 0 Å². The van der Waals surface area contributed by atoms with E-state index in [1.165, 1.54) is 24.3 Å². The van der Waals surface area contributed by atoms with Gasteiger partial charge in [-0.2, -0.15) is 0 Å². The fourth-order valence-corrected chi connectivity index (χ4v) is 4.04. The Morgan fingerprint density at radius 3 is 2.00 bits per heavy atom. The number of primary sulfonamides is 1. The Morgan fingerprint density at radius 1 is 1.10 bits per heavy atom. The number of sulfonamides is 2. The lowest BCUT2D eigenvalue weighted by atomic mass is 9.82. The van der Waals surface area contributed by atoms with Crippen LogP contribution in [0, 0.1) is 11.3 Å². The first kappa shape index (κ1) is 18.1. The number of benzene rings is 1. The van der Waals surface area contributed by atoms with E-state index in [4.69, 9.17) is 5.14 Å². The molecule has 0 saturated heterocycles. The van der Waals surface area contributed by atoms with Gasteiger partial charge < -0.3 is 0 Å². The third-order valence-electron chi connectivity index (χ3n) is 3.50. The maximum Gasteiger partial charge on any atom is 0.241 e. The first-order valence-corrected chi connectivity index (χ1v) is 9.50. The molecule has 1 aromatic rings. The van der Waals surface area contributed by atoms with Crippen LogP contribution in [0.15, 0.2) is 34.1 Å². The molecule has 120 valence electrons. The van der Waals surface area contributed by atoms with Crippen molar-refractivity contribution < 1.29 is 16.8 Å². The first-order chi connectivity index (χ1) is 9.36. The van der Waals surface area contributed by atoms with Crippen LogP contribution in [0.5, 0.6) is 0 Å². The van der Waals surface area contributed by atoms with Crippen LogP contribution in [-0.4, -0.2) is 23.4 Å². The van der Waals surface area contributed by atoms with E-state index >= 15 is 0 Å². The molecular weight excluding hydrogens is 312 g/mol. The molecule has 1 atom stereocenters. The molecule has 0 radical (unpaired) electrons. The molecule has 0 aliphatic carbocycles. The second-order valence-electron chi connectivity index (χ2n) is 6.11. The summed E-state index contributed by atoms with van der Waals surface area (Å²) in [7, 11) is -8.04. The van der Waals surface area contributed by atoms with E-state index in [1.807, 2.05) is 27.7 Å². The molecule has 0 spiro atoms. The molecule has 0 amide bonds. The van der Waals surface area contributed by atoms with Gasteiger partial charge in [-0.05, 0) is 23.5 Å². The molecule has 1 unspecified atom stereocenters. The molecule has 6 nitrogen and oxygen atoms in total.